The number of carbonyl (C=O) groups excluding carboxylic acids is 1. The third kappa shape index (κ3) is 2.54. The molecule has 3 heteroatoms. The third-order valence-electron chi connectivity index (χ3n) is 4.96. The molecule has 1 amide bonds. The van der Waals surface area contributed by atoms with Crippen molar-refractivity contribution in [3.63, 3.8) is 0 Å². The molecular formula is C17H24N2O. The Labute approximate surface area is 121 Å². The van der Waals surface area contributed by atoms with E-state index in [2.05, 4.69) is 6.92 Å². The molecule has 2 aliphatic rings. The monoisotopic (exact) mass is 272 g/mol. The van der Waals surface area contributed by atoms with E-state index in [0.29, 0.717) is 30.2 Å². The molecule has 2 fully saturated rings. The van der Waals surface area contributed by atoms with Crippen molar-refractivity contribution in [3.8, 4) is 0 Å². The molecule has 2 N–H and O–H groups in total. The Morgan fingerprint density at radius 3 is 2.60 bits per heavy atom. The SMILES string of the molecule is CCN(Cc1cccc(N)c1)C(=O)C1C2CCCCC21. The third-order valence-corrected chi connectivity index (χ3v) is 4.96. The van der Waals surface area contributed by atoms with Crippen LogP contribution in [0.2, 0.25) is 0 Å². The summed E-state index contributed by atoms with van der Waals surface area (Å²) in [7, 11) is 0. The Kier molecular flexibility index (Phi) is 3.68. The lowest BCUT2D eigenvalue weighted by atomic mass is 10.0. The lowest BCUT2D eigenvalue weighted by Gasteiger charge is -2.21. The minimum absolute atomic E-state index is 0.318. The fraction of sp³-hybridized carbons (Fsp3) is 0.588. The van der Waals surface area contributed by atoms with E-state index >= 15 is 0 Å². The van der Waals surface area contributed by atoms with Gasteiger partial charge in [-0.1, -0.05) is 25.0 Å². The first-order valence-electron chi connectivity index (χ1n) is 7.84. The molecule has 1 aromatic rings. The largest absolute Gasteiger partial charge is 0.399 e. The molecule has 108 valence electrons. The minimum atomic E-state index is 0.318. The molecule has 2 saturated carbocycles. The lowest BCUT2D eigenvalue weighted by molar-refractivity contribution is -0.133. The van der Waals surface area contributed by atoms with Crippen LogP contribution < -0.4 is 5.73 Å². The van der Waals surface area contributed by atoms with Gasteiger partial charge in [-0.25, -0.2) is 0 Å². The van der Waals surface area contributed by atoms with Gasteiger partial charge in [-0.15, -0.1) is 0 Å². The van der Waals surface area contributed by atoms with E-state index < -0.39 is 0 Å². The Balaban J connectivity index is 1.66. The number of nitrogen functional groups attached to an aromatic ring is 1. The zero-order valence-corrected chi connectivity index (χ0v) is 12.2. The highest BCUT2D eigenvalue weighted by Crippen LogP contribution is 2.56. The summed E-state index contributed by atoms with van der Waals surface area (Å²) >= 11 is 0. The van der Waals surface area contributed by atoms with Crippen LogP contribution in [0.15, 0.2) is 24.3 Å². The number of nitrogens with zero attached hydrogens (tertiary/aromatic N) is 1. The zero-order valence-electron chi connectivity index (χ0n) is 12.2. The number of nitrogens with two attached hydrogens (primary N) is 1. The fourth-order valence-corrected chi connectivity index (χ4v) is 3.83. The van der Waals surface area contributed by atoms with E-state index in [-0.39, 0.29) is 0 Å². The van der Waals surface area contributed by atoms with Gasteiger partial charge in [0.2, 0.25) is 5.91 Å². The highest BCUT2D eigenvalue weighted by Gasteiger charge is 2.55. The summed E-state index contributed by atoms with van der Waals surface area (Å²) in [5.41, 5.74) is 7.71. The second kappa shape index (κ2) is 5.47. The second-order valence-electron chi connectivity index (χ2n) is 6.24. The molecule has 1 aromatic carbocycles. The van der Waals surface area contributed by atoms with Gasteiger partial charge >= 0.3 is 0 Å². The van der Waals surface area contributed by atoms with Gasteiger partial charge in [0.15, 0.2) is 0 Å². The van der Waals surface area contributed by atoms with Gasteiger partial charge in [-0.2, -0.15) is 0 Å². The predicted molar refractivity (Wildman–Crippen MR) is 80.9 cm³/mol. The molecule has 2 unspecified atom stereocenters. The van der Waals surface area contributed by atoms with Crippen molar-refractivity contribution in [2.75, 3.05) is 12.3 Å². The standard InChI is InChI=1S/C17H24N2O/c1-2-19(11-12-6-5-7-13(18)10-12)17(20)16-14-8-3-4-9-15(14)16/h5-7,10,14-16H,2-4,8-9,11,18H2,1H3. The first kappa shape index (κ1) is 13.5. The van der Waals surface area contributed by atoms with E-state index in [0.717, 1.165) is 17.8 Å². The quantitative estimate of drug-likeness (QED) is 0.856. The Bertz CT molecular complexity index is 488. The smallest absolute Gasteiger partial charge is 0.226 e. The maximum atomic E-state index is 12.7. The number of carbonyl (C=O) groups is 1. The Morgan fingerprint density at radius 1 is 1.30 bits per heavy atom. The van der Waals surface area contributed by atoms with E-state index in [4.69, 9.17) is 5.73 Å². The number of hydrogen-bond donors (Lipinski definition) is 1. The summed E-state index contributed by atoms with van der Waals surface area (Å²) in [6, 6.07) is 7.86. The van der Waals surface area contributed by atoms with Crippen LogP contribution in [0.25, 0.3) is 0 Å². The van der Waals surface area contributed by atoms with Crippen molar-refractivity contribution in [3.05, 3.63) is 29.8 Å². The van der Waals surface area contributed by atoms with Crippen LogP contribution in [0.5, 0.6) is 0 Å². The number of benzene rings is 1. The van der Waals surface area contributed by atoms with E-state index in [1.54, 1.807) is 0 Å². The van der Waals surface area contributed by atoms with Crippen molar-refractivity contribution in [2.45, 2.75) is 39.2 Å². The summed E-state index contributed by atoms with van der Waals surface area (Å²) < 4.78 is 0. The summed E-state index contributed by atoms with van der Waals surface area (Å²) in [4.78, 5) is 14.7. The molecule has 2 aliphatic carbocycles. The molecule has 20 heavy (non-hydrogen) atoms. The highest BCUT2D eigenvalue weighted by molar-refractivity contribution is 5.82. The van der Waals surface area contributed by atoms with Gasteiger partial charge in [0.25, 0.3) is 0 Å². The second-order valence-corrected chi connectivity index (χ2v) is 6.24. The van der Waals surface area contributed by atoms with E-state index in [1.807, 2.05) is 29.2 Å². The number of hydrogen-bond acceptors (Lipinski definition) is 2. The lowest BCUT2D eigenvalue weighted by Crippen LogP contribution is -2.32. The predicted octanol–water partition coefficient (Wildman–Crippen LogP) is 3.05. The van der Waals surface area contributed by atoms with Gasteiger partial charge in [-0.05, 0) is 49.3 Å². The molecule has 2 atom stereocenters. The first-order chi connectivity index (χ1) is 9.70. The number of rotatable bonds is 4. The molecule has 0 aromatic heterocycles. The van der Waals surface area contributed by atoms with Crippen LogP contribution in [-0.2, 0) is 11.3 Å². The molecule has 0 aliphatic heterocycles. The van der Waals surface area contributed by atoms with Crippen LogP contribution in [0.4, 0.5) is 5.69 Å². The van der Waals surface area contributed by atoms with Crippen molar-refractivity contribution >= 4 is 11.6 Å². The molecule has 0 radical (unpaired) electrons. The minimum Gasteiger partial charge on any atom is -0.399 e. The molecule has 3 nitrogen and oxygen atoms in total. The van der Waals surface area contributed by atoms with Crippen LogP contribution in [0, 0.1) is 17.8 Å². The average molecular weight is 272 g/mol. The molecule has 0 heterocycles. The van der Waals surface area contributed by atoms with Crippen molar-refractivity contribution < 1.29 is 4.79 Å². The van der Waals surface area contributed by atoms with Crippen LogP contribution in [-0.4, -0.2) is 17.4 Å². The van der Waals surface area contributed by atoms with Crippen molar-refractivity contribution in [2.24, 2.45) is 17.8 Å². The number of anilines is 1. The highest BCUT2D eigenvalue weighted by atomic mass is 16.2. The topological polar surface area (TPSA) is 46.3 Å². The van der Waals surface area contributed by atoms with Crippen molar-refractivity contribution in [1.82, 2.24) is 4.90 Å². The van der Waals surface area contributed by atoms with Gasteiger partial charge in [0, 0.05) is 24.7 Å². The summed E-state index contributed by atoms with van der Waals surface area (Å²) in [5.74, 6) is 2.06. The number of fused-ring (bicyclic) bond motifs is 1. The summed E-state index contributed by atoms with van der Waals surface area (Å²) in [6.45, 7) is 3.54. The van der Waals surface area contributed by atoms with Gasteiger partial charge in [0.1, 0.15) is 0 Å². The van der Waals surface area contributed by atoms with E-state index in [9.17, 15) is 4.79 Å². The van der Waals surface area contributed by atoms with Crippen molar-refractivity contribution in [1.29, 1.82) is 0 Å². The van der Waals surface area contributed by atoms with Gasteiger partial charge in [-0.3, -0.25) is 4.79 Å². The normalized spacial score (nSPS) is 27.8. The zero-order chi connectivity index (χ0) is 14.1. The summed E-state index contributed by atoms with van der Waals surface area (Å²) in [5, 5.41) is 0. The first-order valence-corrected chi connectivity index (χ1v) is 7.84. The molecule has 0 spiro atoms. The van der Waals surface area contributed by atoms with E-state index in [1.165, 1.54) is 25.7 Å². The Hall–Kier alpha value is -1.51. The van der Waals surface area contributed by atoms with Gasteiger partial charge in [0.05, 0.1) is 0 Å². The maximum Gasteiger partial charge on any atom is 0.226 e. The van der Waals surface area contributed by atoms with Crippen LogP contribution >= 0.6 is 0 Å². The molecular weight excluding hydrogens is 248 g/mol. The number of amides is 1. The van der Waals surface area contributed by atoms with Gasteiger partial charge < -0.3 is 10.6 Å². The molecule has 3 rings (SSSR count). The molecule has 0 bridgehead atoms. The Morgan fingerprint density at radius 2 is 2.00 bits per heavy atom. The average Bonchev–Trinajstić information content (AvgIpc) is 3.18. The van der Waals surface area contributed by atoms with Crippen LogP contribution in [0.1, 0.15) is 38.2 Å². The summed E-state index contributed by atoms with van der Waals surface area (Å²) in [6.07, 6.45) is 5.15. The molecule has 0 saturated heterocycles. The fourth-order valence-electron chi connectivity index (χ4n) is 3.83. The van der Waals surface area contributed by atoms with Crippen LogP contribution in [0.3, 0.4) is 0 Å². The maximum absolute atomic E-state index is 12.7.